The van der Waals surface area contributed by atoms with Crippen LogP contribution in [0.3, 0.4) is 0 Å². The van der Waals surface area contributed by atoms with Crippen LogP contribution in [-0.4, -0.2) is 12.8 Å². The fraction of sp³-hybridized carbons (Fsp3) is 0.455. The Morgan fingerprint density at radius 2 is 2.14 bits per heavy atom. The first-order valence-corrected chi connectivity index (χ1v) is 6.40. The second kappa shape index (κ2) is 6.33. The predicted molar refractivity (Wildman–Crippen MR) is 65.2 cm³/mol. The number of unbranched alkanes of at least 4 members (excludes halogenated alkanes) is 1. The highest BCUT2D eigenvalue weighted by atomic mass is 35.5. The van der Waals surface area contributed by atoms with Gasteiger partial charge in [0.1, 0.15) is 0 Å². The van der Waals surface area contributed by atoms with Crippen LogP contribution in [0.15, 0.2) is 23.1 Å². The van der Waals surface area contributed by atoms with Crippen molar-refractivity contribution >= 4 is 23.4 Å². The zero-order chi connectivity index (χ0) is 10.4. The predicted octanol–water partition coefficient (Wildman–Crippen LogP) is 3.34. The summed E-state index contributed by atoms with van der Waals surface area (Å²) >= 11 is 7.78. The van der Waals surface area contributed by atoms with Gasteiger partial charge in [-0.25, -0.2) is 0 Å². The number of nitrogens with two attached hydrogens (primary N) is 1. The van der Waals surface area contributed by atoms with Gasteiger partial charge in [0.2, 0.25) is 0 Å². The molecule has 0 atom stereocenters. The number of hydrogen-bond acceptors (Lipinski definition) is 2. The molecule has 3 heteroatoms. The van der Waals surface area contributed by atoms with Crippen LogP contribution in [-0.2, 0) is 6.42 Å². The van der Waals surface area contributed by atoms with E-state index in [1.165, 1.54) is 5.56 Å². The molecular formula is C11H16ClNS. The summed E-state index contributed by atoms with van der Waals surface area (Å²) in [6, 6.07) is 6.29. The summed E-state index contributed by atoms with van der Waals surface area (Å²) in [5.74, 6) is 0. The first kappa shape index (κ1) is 11.9. The van der Waals surface area contributed by atoms with Crippen LogP contribution in [0.5, 0.6) is 0 Å². The van der Waals surface area contributed by atoms with E-state index in [1.54, 1.807) is 11.8 Å². The summed E-state index contributed by atoms with van der Waals surface area (Å²) in [6.07, 6.45) is 5.34. The normalized spacial score (nSPS) is 10.5. The minimum atomic E-state index is 0.774. The smallest absolute Gasteiger partial charge is 0.0544 e. The van der Waals surface area contributed by atoms with Crippen molar-refractivity contribution in [3.05, 3.63) is 28.8 Å². The van der Waals surface area contributed by atoms with Crippen LogP contribution in [0, 0.1) is 0 Å². The maximum Gasteiger partial charge on any atom is 0.0544 e. The van der Waals surface area contributed by atoms with Crippen molar-refractivity contribution < 1.29 is 0 Å². The number of thioether (sulfide) groups is 1. The van der Waals surface area contributed by atoms with Crippen LogP contribution >= 0.6 is 23.4 Å². The zero-order valence-electron chi connectivity index (χ0n) is 8.42. The molecule has 0 aliphatic rings. The van der Waals surface area contributed by atoms with Crippen molar-refractivity contribution in [1.29, 1.82) is 0 Å². The van der Waals surface area contributed by atoms with E-state index >= 15 is 0 Å². The first-order valence-electron chi connectivity index (χ1n) is 4.80. The Kier molecular flexibility index (Phi) is 5.38. The average Bonchev–Trinajstić information content (AvgIpc) is 2.18. The molecule has 0 bridgehead atoms. The van der Waals surface area contributed by atoms with Gasteiger partial charge in [0.05, 0.1) is 5.02 Å². The Morgan fingerprint density at radius 3 is 2.71 bits per heavy atom. The third kappa shape index (κ3) is 3.52. The number of hydrogen-bond donors (Lipinski definition) is 1. The fourth-order valence-corrected chi connectivity index (χ4v) is 2.23. The van der Waals surface area contributed by atoms with E-state index < -0.39 is 0 Å². The molecule has 2 N–H and O–H groups in total. The molecule has 0 fully saturated rings. The third-order valence-electron chi connectivity index (χ3n) is 2.14. The topological polar surface area (TPSA) is 26.0 Å². The molecule has 1 rings (SSSR count). The largest absolute Gasteiger partial charge is 0.330 e. The van der Waals surface area contributed by atoms with Gasteiger partial charge in [-0.1, -0.05) is 17.7 Å². The number of benzene rings is 1. The van der Waals surface area contributed by atoms with Crippen LogP contribution in [0.25, 0.3) is 0 Å². The molecule has 78 valence electrons. The Bertz CT molecular complexity index is 289. The molecule has 1 aromatic rings. The van der Waals surface area contributed by atoms with Crippen molar-refractivity contribution in [2.75, 3.05) is 12.8 Å². The SMILES string of the molecule is CSc1ccc(CCCCN)cc1Cl. The summed E-state index contributed by atoms with van der Waals surface area (Å²) in [6.45, 7) is 0.774. The van der Waals surface area contributed by atoms with E-state index in [9.17, 15) is 0 Å². The number of halogens is 1. The van der Waals surface area contributed by atoms with Gasteiger partial charge >= 0.3 is 0 Å². The van der Waals surface area contributed by atoms with Crippen LogP contribution in [0.4, 0.5) is 0 Å². The molecule has 0 amide bonds. The van der Waals surface area contributed by atoms with E-state index in [0.29, 0.717) is 0 Å². The van der Waals surface area contributed by atoms with Crippen molar-refractivity contribution in [1.82, 2.24) is 0 Å². The molecule has 14 heavy (non-hydrogen) atoms. The fourth-order valence-electron chi connectivity index (χ4n) is 1.34. The summed E-state index contributed by atoms with van der Waals surface area (Å²) in [5, 5.41) is 0.864. The van der Waals surface area contributed by atoms with E-state index in [4.69, 9.17) is 17.3 Å². The lowest BCUT2D eigenvalue weighted by molar-refractivity contribution is 0.744. The van der Waals surface area contributed by atoms with Crippen LogP contribution < -0.4 is 5.73 Å². The maximum atomic E-state index is 6.10. The number of rotatable bonds is 5. The maximum absolute atomic E-state index is 6.10. The molecule has 1 nitrogen and oxygen atoms in total. The minimum absolute atomic E-state index is 0.774. The lowest BCUT2D eigenvalue weighted by atomic mass is 10.1. The lowest BCUT2D eigenvalue weighted by Gasteiger charge is -2.04. The summed E-state index contributed by atoms with van der Waals surface area (Å²) < 4.78 is 0. The Hall–Kier alpha value is -0.180. The molecule has 0 saturated heterocycles. The molecule has 1 aromatic carbocycles. The highest BCUT2D eigenvalue weighted by Crippen LogP contribution is 2.26. The van der Waals surface area contributed by atoms with Crippen molar-refractivity contribution in [2.45, 2.75) is 24.2 Å². The van der Waals surface area contributed by atoms with Crippen molar-refractivity contribution in [3.8, 4) is 0 Å². The van der Waals surface area contributed by atoms with E-state index in [-0.39, 0.29) is 0 Å². The van der Waals surface area contributed by atoms with Gasteiger partial charge in [-0.15, -0.1) is 11.8 Å². The minimum Gasteiger partial charge on any atom is -0.330 e. The Morgan fingerprint density at radius 1 is 1.36 bits per heavy atom. The molecule has 0 aliphatic carbocycles. The summed E-state index contributed by atoms with van der Waals surface area (Å²) in [4.78, 5) is 1.15. The zero-order valence-corrected chi connectivity index (χ0v) is 10.00. The molecule has 0 aliphatic heterocycles. The number of aryl methyl sites for hydroxylation is 1. The molecule has 0 saturated carbocycles. The van der Waals surface area contributed by atoms with Crippen molar-refractivity contribution in [3.63, 3.8) is 0 Å². The lowest BCUT2D eigenvalue weighted by Crippen LogP contribution is -1.98. The summed E-state index contributed by atoms with van der Waals surface area (Å²) in [5.41, 5.74) is 6.75. The first-order chi connectivity index (χ1) is 6.77. The standard InChI is InChI=1S/C11H16ClNS/c1-14-11-6-5-9(8-10(11)12)4-2-3-7-13/h5-6,8H,2-4,7,13H2,1H3. The van der Waals surface area contributed by atoms with Crippen LogP contribution in [0.2, 0.25) is 5.02 Å². The van der Waals surface area contributed by atoms with E-state index in [0.717, 1.165) is 35.7 Å². The van der Waals surface area contributed by atoms with Gasteiger partial charge in [-0.3, -0.25) is 0 Å². The van der Waals surface area contributed by atoms with Gasteiger partial charge in [-0.05, 0) is 49.8 Å². The summed E-state index contributed by atoms with van der Waals surface area (Å²) in [7, 11) is 0. The van der Waals surface area contributed by atoms with Gasteiger partial charge in [0.15, 0.2) is 0 Å². The van der Waals surface area contributed by atoms with E-state index in [1.807, 2.05) is 6.26 Å². The highest BCUT2D eigenvalue weighted by Gasteiger charge is 2.00. The Balaban J connectivity index is 2.57. The molecule has 0 radical (unpaired) electrons. The van der Waals surface area contributed by atoms with Gasteiger partial charge < -0.3 is 5.73 Å². The molecule has 0 unspecified atom stereocenters. The quantitative estimate of drug-likeness (QED) is 0.619. The molecule has 0 heterocycles. The van der Waals surface area contributed by atoms with Crippen LogP contribution in [0.1, 0.15) is 18.4 Å². The van der Waals surface area contributed by atoms with Gasteiger partial charge in [-0.2, -0.15) is 0 Å². The Labute approximate surface area is 95.0 Å². The van der Waals surface area contributed by atoms with E-state index in [2.05, 4.69) is 18.2 Å². The van der Waals surface area contributed by atoms with Crippen molar-refractivity contribution in [2.24, 2.45) is 5.73 Å². The monoisotopic (exact) mass is 229 g/mol. The second-order valence-corrected chi connectivity index (χ2v) is 4.47. The third-order valence-corrected chi connectivity index (χ3v) is 3.36. The second-order valence-electron chi connectivity index (χ2n) is 3.21. The molecule has 0 spiro atoms. The average molecular weight is 230 g/mol. The highest BCUT2D eigenvalue weighted by molar-refractivity contribution is 7.98. The van der Waals surface area contributed by atoms with Gasteiger partial charge in [0.25, 0.3) is 0 Å². The van der Waals surface area contributed by atoms with Gasteiger partial charge in [0, 0.05) is 4.90 Å². The molecular weight excluding hydrogens is 214 g/mol. The molecule has 0 aromatic heterocycles.